The van der Waals surface area contributed by atoms with E-state index < -0.39 is 0 Å². The van der Waals surface area contributed by atoms with Crippen LogP contribution in [-0.2, 0) is 16.0 Å². The van der Waals surface area contributed by atoms with Gasteiger partial charge in [-0.25, -0.2) is 4.79 Å². The summed E-state index contributed by atoms with van der Waals surface area (Å²) in [5.74, 6) is 0.544. The molecular formula is C17H17NO3. The Balaban J connectivity index is 1.42. The fraction of sp³-hybridized carbons (Fsp3) is 0.235. The standard InChI is InChI=1S/C17H17NO3/c19-17(16-12-13-6-4-5-9-15(13)18-16)21-11-10-20-14-7-2-1-3-8-14/h1-9,16,18H,10-12H2/t16-/m0/s1. The lowest BCUT2D eigenvalue weighted by atomic mass is 10.1. The van der Waals surface area contributed by atoms with Gasteiger partial charge in [0.15, 0.2) is 0 Å². The molecule has 0 saturated carbocycles. The summed E-state index contributed by atoms with van der Waals surface area (Å²) in [6.45, 7) is 0.609. The predicted molar refractivity (Wildman–Crippen MR) is 80.5 cm³/mol. The number of anilines is 1. The van der Waals surface area contributed by atoms with Gasteiger partial charge in [-0.05, 0) is 23.8 Å². The first-order valence-corrected chi connectivity index (χ1v) is 7.02. The first-order valence-electron chi connectivity index (χ1n) is 7.02. The van der Waals surface area contributed by atoms with Crippen molar-refractivity contribution < 1.29 is 14.3 Å². The Labute approximate surface area is 123 Å². The number of ether oxygens (including phenoxy) is 2. The Hall–Kier alpha value is -2.49. The third kappa shape index (κ3) is 3.34. The molecule has 4 nitrogen and oxygen atoms in total. The van der Waals surface area contributed by atoms with Crippen molar-refractivity contribution in [1.29, 1.82) is 0 Å². The summed E-state index contributed by atoms with van der Waals surface area (Å²) in [6, 6.07) is 17.1. The van der Waals surface area contributed by atoms with E-state index in [1.807, 2.05) is 54.6 Å². The third-order valence-corrected chi connectivity index (χ3v) is 3.40. The monoisotopic (exact) mass is 283 g/mol. The highest BCUT2D eigenvalue weighted by atomic mass is 16.6. The van der Waals surface area contributed by atoms with Crippen LogP contribution in [0.2, 0.25) is 0 Å². The SMILES string of the molecule is O=C(OCCOc1ccccc1)[C@@H]1Cc2ccccc2N1. The van der Waals surface area contributed by atoms with Crippen LogP contribution in [0, 0.1) is 0 Å². The first kappa shape index (κ1) is 13.5. The Morgan fingerprint density at radius 3 is 2.62 bits per heavy atom. The molecule has 1 atom stereocenters. The molecule has 1 aliphatic rings. The number of para-hydroxylation sites is 2. The van der Waals surface area contributed by atoms with Gasteiger partial charge in [0.1, 0.15) is 25.0 Å². The van der Waals surface area contributed by atoms with Crippen LogP contribution < -0.4 is 10.1 Å². The van der Waals surface area contributed by atoms with E-state index in [0.29, 0.717) is 13.0 Å². The Morgan fingerprint density at radius 2 is 1.81 bits per heavy atom. The number of rotatable bonds is 5. The Kier molecular flexibility index (Phi) is 4.05. The van der Waals surface area contributed by atoms with Crippen LogP contribution in [0.1, 0.15) is 5.56 Å². The van der Waals surface area contributed by atoms with Crippen molar-refractivity contribution in [3.63, 3.8) is 0 Å². The van der Waals surface area contributed by atoms with Gasteiger partial charge in [0, 0.05) is 12.1 Å². The molecule has 1 aliphatic heterocycles. The molecule has 0 spiro atoms. The normalized spacial score (nSPS) is 15.9. The third-order valence-electron chi connectivity index (χ3n) is 3.40. The lowest BCUT2D eigenvalue weighted by molar-refractivity contribution is -0.145. The second-order valence-electron chi connectivity index (χ2n) is 4.89. The fourth-order valence-corrected chi connectivity index (χ4v) is 2.36. The summed E-state index contributed by atoms with van der Waals surface area (Å²) in [5.41, 5.74) is 2.17. The van der Waals surface area contributed by atoms with Crippen LogP contribution in [0.3, 0.4) is 0 Å². The van der Waals surface area contributed by atoms with E-state index in [2.05, 4.69) is 5.32 Å². The number of fused-ring (bicyclic) bond motifs is 1. The molecule has 0 saturated heterocycles. The number of hydrogen-bond donors (Lipinski definition) is 1. The topological polar surface area (TPSA) is 47.6 Å². The number of hydrogen-bond acceptors (Lipinski definition) is 4. The van der Waals surface area contributed by atoms with Crippen LogP contribution in [0.4, 0.5) is 5.69 Å². The minimum atomic E-state index is -0.292. The van der Waals surface area contributed by atoms with Crippen LogP contribution in [-0.4, -0.2) is 25.2 Å². The molecule has 0 fully saturated rings. The van der Waals surface area contributed by atoms with Crippen molar-refractivity contribution in [2.45, 2.75) is 12.5 Å². The molecule has 2 aromatic rings. The molecule has 0 amide bonds. The minimum absolute atomic E-state index is 0.233. The van der Waals surface area contributed by atoms with Gasteiger partial charge < -0.3 is 14.8 Å². The highest BCUT2D eigenvalue weighted by molar-refractivity contribution is 5.82. The molecule has 0 aromatic heterocycles. The smallest absolute Gasteiger partial charge is 0.329 e. The summed E-state index contributed by atoms with van der Waals surface area (Å²) in [4.78, 5) is 12.0. The summed E-state index contributed by atoms with van der Waals surface area (Å²) in [5, 5.41) is 3.18. The summed E-state index contributed by atoms with van der Waals surface area (Å²) >= 11 is 0. The number of carbonyl (C=O) groups excluding carboxylic acids is 1. The number of benzene rings is 2. The molecule has 4 heteroatoms. The van der Waals surface area contributed by atoms with E-state index in [-0.39, 0.29) is 18.6 Å². The van der Waals surface area contributed by atoms with Gasteiger partial charge in [-0.15, -0.1) is 0 Å². The predicted octanol–water partition coefficient (Wildman–Crippen LogP) is 2.65. The van der Waals surface area contributed by atoms with E-state index in [4.69, 9.17) is 9.47 Å². The van der Waals surface area contributed by atoms with Crippen molar-refractivity contribution in [3.8, 4) is 5.75 Å². The maximum Gasteiger partial charge on any atom is 0.329 e. The molecule has 21 heavy (non-hydrogen) atoms. The van der Waals surface area contributed by atoms with Crippen molar-refractivity contribution in [2.24, 2.45) is 0 Å². The molecule has 1 N–H and O–H groups in total. The van der Waals surface area contributed by atoms with Gasteiger partial charge in [-0.3, -0.25) is 0 Å². The molecule has 2 aromatic carbocycles. The van der Waals surface area contributed by atoms with E-state index >= 15 is 0 Å². The van der Waals surface area contributed by atoms with E-state index in [0.717, 1.165) is 17.0 Å². The molecule has 0 radical (unpaired) electrons. The maximum atomic E-state index is 12.0. The Bertz CT molecular complexity index is 587. The van der Waals surface area contributed by atoms with Crippen molar-refractivity contribution >= 4 is 11.7 Å². The molecule has 1 heterocycles. The van der Waals surface area contributed by atoms with E-state index in [1.54, 1.807) is 0 Å². The van der Waals surface area contributed by atoms with Gasteiger partial charge >= 0.3 is 5.97 Å². The molecule has 0 unspecified atom stereocenters. The Morgan fingerprint density at radius 1 is 1.05 bits per heavy atom. The second kappa shape index (κ2) is 6.31. The minimum Gasteiger partial charge on any atom is -0.490 e. The largest absolute Gasteiger partial charge is 0.490 e. The number of carbonyl (C=O) groups is 1. The number of nitrogens with one attached hydrogen (secondary N) is 1. The van der Waals surface area contributed by atoms with Gasteiger partial charge in [-0.1, -0.05) is 36.4 Å². The quantitative estimate of drug-likeness (QED) is 0.677. The molecule has 108 valence electrons. The van der Waals surface area contributed by atoms with Crippen molar-refractivity contribution in [3.05, 3.63) is 60.2 Å². The van der Waals surface area contributed by atoms with E-state index in [9.17, 15) is 4.79 Å². The average Bonchev–Trinajstić information content (AvgIpc) is 2.96. The van der Waals surface area contributed by atoms with E-state index in [1.165, 1.54) is 0 Å². The van der Waals surface area contributed by atoms with Gasteiger partial charge in [0.05, 0.1) is 0 Å². The molecule has 3 rings (SSSR count). The maximum absolute atomic E-state index is 12.0. The summed E-state index contributed by atoms with van der Waals surface area (Å²) in [7, 11) is 0. The summed E-state index contributed by atoms with van der Waals surface area (Å²) in [6.07, 6.45) is 0.675. The van der Waals surface area contributed by atoms with Crippen molar-refractivity contribution in [2.75, 3.05) is 18.5 Å². The van der Waals surface area contributed by atoms with Gasteiger partial charge in [0.2, 0.25) is 0 Å². The fourth-order valence-electron chi connectivity index (χ4n) is 2.36. The van der Waals surface area contributed by atoms with Gasteiger partial charge in [0.25, 0.3) is 0 Å². The van der Waals surface area contributed by atoms with Crippen LogP contribution >= 0.6 is 0 Å². The highest BCUT2D eigenvalue weighted by Gasteiger charge is 2.27. The van der Waals surface area contributed by atoms with Crippen LogP contribution in [0.15, 0.2) is 54.6 Å². The molecular weight excluding hydrogens is 266 g/mol. The zero-order chi connectivity index (χ0) is 14.5. The first-order chi connectivity index (χ1) is 10.3. The van der Waals surface area contributed by atoms with Crippen LogP contribution in [0.25, 0.3) is 0 Å². The lowest BCUT2D eigenvalue weighted by Gasteiger charge is -2.11. The zero-order valence-electron chi connectivity index (χ0n) is 11.6. The molecule has 0 aliphatic carbocycles. The van der Waals surface area contributed by atoms with Crippen LogP contribution in [0.5, 0.6) is 5.75 Å². The molecule has 0 bridgehead atoms. The van der Waals surface area contributed by atoms with Crippen molar-refractivity contribution in [1.82, 2.24) is 0 Å². The van der Waals surface area contributed by atoms with Gasteiger partial charge in [-0.2, -0.15) is 0 Å². The zero-order valence-corrected chi connectivity index (χ0v) is 11.6. The number of esters is 1. The average molecular weight is 283 g/mol. The highest BCUT2D eigenvalue weighted by Crippen LogP contribution is 2.25. The second-order valence-corrected chi connectivity index (χ2v) is 4.89. The summed E-state index contributed by atoms with van der Waals surface area (Å²) < 4.78 is 10.7. The lowest BCUT2D eigenvalue weighted by Crippen LogP contribution is -2.30.